The van der Waals surface area contributed by atoms with Crippen LogP contribution < -0.4 is 0 Å². The van der Waals surface area contributed by atoms with Crippen LogP contribution in [0.1, 0.15) is 0 Å². The zero-order chi connectivity index (χ0) is 18.1. The molecule has 0 saturated carbocycles. The second-order valence-corrected chi connectivity index (χ2v) is 13.3. The van der Waals surface area contributed by atoms with Crippen molar-refractivity contribution in [3.8, 4) is 11.5 Å². The monoisotopic (exact) mass is 365 g/mol. The minimum Gasteiger partial charge on any atom is -0.361 e. The number of pyridine rings is 1. The summed E-state index contributed by atoms with van der Waals surface area (Å²) >= 11 is 0. The van der Waals surface area contributed by atoms with Gasteiger partial charge in [0.25, 0.3) is 0 Å². The van der Waals surface area contributed by atoms with Crippen LogP contribution in [0.25, 0.3) is 33.5 Å². The number of aromatic amines is 1. The fourth-order valence-electron chi connectivity index (χ4n) is 2.95. The summed E-state index contributed by atoms with van der Waals surface area (Å²) in [4.78, 5) is 9.06. The van der Waals surface area contributed by atoms with Crippen molar-refractivity contribution in [2.45, 2.75) is 32.4 Å². The highest BCUT2D eigenvalue weighted by Crippen LogP contribution is 2.28. The Morgan fingerprint density at radius 2 is 2.00 bits per heavy atom. The smallest absolute Gasteiger partial charge is 0.164 e. The standard InChI is InChI=1S/C19H23N5OSi/c1-26(2,3)11-10-25-13-24-17-12-20-9-8-16(17)21-19(24)18-14-6-4-5-7-15(14)22-23-18/h4-9,12H,10-11,13H2,1-3H3,(H,22,23). The van der Waals surface area contributed by atoms with Gasteiger partial charge in [0.05, 0.1) is 22.7 Å². The number of hydrogen-bond donors (Lipinski definition) is 1. The molecule has 0 fully saturated rings. The Hall–Kier alpha value is -2.51. The maximum absolute atomic E-state index is 6.00. The van der Waals surface area contributed by atoms with Crippen molar-refractivity contribution in [3.05, 3.63) is 42.7 Å². The Bertz CT molecular complexity index is 1050. The van der Waals surface area contributed by atoms with Crippen LogP contribution in [0.4, 0.5) is 0 Å². The SMILES string of the molecule is C[Si](C)(C)CCOCn1c(-c2n[nH]c3ccccc23)nc2ccncc21. The van der Waals surface area contributed by atoms with Gasteiger partial charge in [-0.3, -0.25) is 14.6 Å². The van der Waals surface area contributed by atoms with Gasteiger partial charge in [-0.1, -0.05) is 37.8 Å². The minimum atomic E-state index is -1.12. The van der Waals surface area contributed by atoms with Crippen molar-refractivity contribution in [1.82, 2.24) is 24.7 Å². The summed E-state index contributed by atoms with van der Waals surface area (Å²) in [6.07, 6.45) is 3.60. The molecule has 0 bridgehead atoms. The van der Waals surface area contributed by atoms with E-state index >= 15 is 0 Å². The third-order valence-electron chi connectivity index (χ3n) is 4.45. The molecule has 0 saturated heterocycles. The number of benzene rings is 1. The van der Waals surface area contributed by atoms with E-state index in [0.717, 1.165) is 46.1 Å². The first-order valence-electron chi connectivity index (χ1n) is 8.84. The molecule has 0 unspecified atom stereocenters. The topological polar surface area (TPSA) is 68.6 Å². The van der Waals surface area contributed by atoms with Gasteiger partial charge in [0.15, 0.2) is 5.82 Å². The van der Waals surface area contributed by atoms with E-state index in [0.29, 0.717) is 6.73 Å². The van der Waals surface area contributed by atoms with Crippen LogP contribution in [-0.4, -0.2) is 39.4 Å². The number of H-pyrrole nitrogens is 1. The van der Waals surface area contributed by atoms with Crippen LogP contribution in [0.15, 0.2) is 42.7 Å². The predicted molar refractivity (Wildman–Crippen MR) is 107 cm³/mol. The van der Waals surface area contributed by atoms with Crippen molar-refractivity contribution in [2.75, 3.05) is 6.61 Å². The number of ether oxygens (including phenoxy) is 1. The molecule has 26 heavy (non-hydrogen) atoms. The quantitative estimate of drug-likeness (QED) is 0.409. The Labute approximate surface area is 153 Å². The van der Waals surface area contributed by atoms with Crippen LogP contribution in [0.3, 0.4) is 0 Å². The average molecular weight is 366 g/mol. The molecule has 3 heterocycles. The predicted octanol–water partition coefficient (Wildman–Crippen LogP) is 4.29. The van der Waals surface area contributed by atoms with Gasteiger partial charge in [0.2, 0.25) is 0 Å². The van der Waals surface area contributed by atoms with E-state index in [-0.39, 0.29) is 0 Å². The van der Waals surface area contributed by atoms with Crippen molar-refractivity contribution in [1.29, 1.82) is 0 Å². The van der Waals surface area contributed by atoms with Crippen molar-refractivity contribution in [3.63, 3.8) is 0 Å². The van der Waals surface area contributed by atoms with Crippen molar-refractivity contribution < 1.29 is 4.74 Å². The van der Waals surface area contributed by atoms with Gasteiger partial charge in [-0.05, 0) is 18.2 Å². The molecule has 0 atom stereocenters. The van der Waals surface area contributed by atoms with E-state index in [1.807, 2.05) is 30.5 Å². The minimum absolute atomic E-state index is 0.448. The molecule has 0 amide bonds. The summed E-state index contributed by atoms with van der Waals surface area (Å²) in [5, 5.41) is 8.66. The fourth-order valence-corrected chi connectivity index (χ4v) is 3.71. The van der Waals surface area contributed by atoms with Gasteiger partial charge < -0.3 is 4.74 Å². The first kappa shape index (κ1) is 16.9. The summed E-state index contributed by atoms with van der Waals surface area (Å²) in [5.74, 6) is 0.804. The first-order chi connectivity index (χ1) is 12.5. The van der Waals surface area contributed by atoms with Gasteiger partial charge >= 0.3 is 0 Å². The molecule has 134 valence electrons. The second-order valence-electron chi connectivity index (χ2n) is 7.69. The molecule has 0 spiro atoms. The second kappa shape index (κ2) is 6.66. The Kier molecular flexibility index (Phi) is 4.34. The van der Waals surface area contributed by atoms with Crippen LogP contribution in [-0.2, 0) is 11.5 Å². The van der Waals surface area contributed by atoms with E-state index in [1.54, 1.807) is 6.20 Å². The van der Waals surface area contributed by atoms with Gasteiger partial charge in [0.1, 0.15) is 12.4 Å². The number of fused-ring (bicyclic) bond motifs is 2. The molecule has 6 nitrogen and oxygen atoms in total. The molecule has 1 N–H and O–H groups in total. The van der Waals surface area contributed by atoms with E-state index < -0.39 is 8.07 Å². The molecule has 0 aliphatic rings. The summed E-state index contributed by atoms with van der Waals surface area (Å²) < 4.78 is 8.07. The molecular formula is C19H23N5OSi. The maximum Gasteiger partial charge on any atom is 0.164 e. The van der Waals surface area contributed by atoms with Gasteiger partial charge in [-0.15, -0.1) is 0 Å². The number of para-hydroxylation sites is 1. The number of nitrogens with one attached hydrogen (secondary N) is 1. The maximum atomic E-state index is 6.00. The van der Waals surface area contributed by atoms with E-state index in [4.69, 9.17) is 9.72 Å². The number of hydrogen-bond acceptors (Lipinski definition) is 4. The highest BCUT2D eigenvalue weighted by molar-refractivity contribution is 6.76. The zero-order valence-electron chi connectivity index (χ0n) is 15.4. The highest BCUT2D eigenvalue weighted by atomic mass is 28.3. The van der Waals surface area contributed by atoms with E-state index in [2.05, 4.69) is 45.5 Å². The number of nitrogens with zero attached hydrogens (tertiary/aromatic N) is 4. The molecule has 0 radical (unpaired) electrons. The lowest BCUT2D eigenvalue weighted by molar-refractivity contribution is 0.0909. The van der Waals surface area contributed by atoms with Gasteiger partial charge in [0, 0.05) is 26.3 Å². The molecule has 7 heteroatoms. The van der Waals surface area contributed by atoms with Crippen LogP contribution in [0, 0.1) is 0 Å². The number of aromatic nitrogens is 5. The summed E-state index contributed by atoms with van der Waals surface area (Å²) in [6.45, 7) is 8.27. The average Bonchev–Trinajstić information content (AvgIpc) is 3.19. The normalized spacial score (nSPS) is 12.3. The Morgan fingerprint density at radius 3 is 2.85 bits per heavy atom. The van der Waals surface area contributed by atoms with Gasteiger partial charge in [-0.25, -0.2) is 4.98 Å². The lowest BCUT2D eigenvalue weighted by atomic mass is 10.2. The number of rotatable bonds is 6. The van der Waals surface area contributed by atoms with Crippen molar-refractivity contribution >= 4 is 30.0 Å². The molecule has 1 aromatic carbocycles. The molecule has 4 aromatic rings. The third-order valence-corrected chi connectivity index (χ3v) is 6.15. The molecule has 0 aliphatic carbocycles. The van der Waals surface area contributed by atoms with Crippen LogP contribution in [0.5, 0.6) is 0 Å². The molecule has 0 aliphatic heterocycles. The highest BCUT2D eigenvalue weighted by Gasteiger charge is 2.18. The largest absolute Gasteiger partial charge is 0.361 e. The summed E-state index contributed by atoms with van der Waals surface area (Å²) in [7, 11) is -1.12. The van der Waals surface area contributed by atoms with Crippen LogP contribution in [0.2, 0.25) is 25.7 Å². The lowest BCUT2D eigenvalue weighted by Gasteiger charge is -2.16. The lowest BCUT2D eigenvalue weighted by Crippen LogP contribution is -2.22. The Morgan fingerprint density at radius 1 is 1.15 bits per heavy atom. The zero-order valence-corrected chi connectivity index (χ0v) is 16.4. The summed E-state index contributed by atoms with van der Waals surface area (Å²) in [5.41, 5.74) is 3.70. The molecular weight excluding hydrogens is 342 g/mol. The van der Waals surface area contributed by atoms with E-state index in [1.165, 1.54) is 0 Å². The van der Waals surface area contributed by atoms with E-state index in [9.17, 15) is 0 Å². The fraction of sp³-hybridized carbons (Fsp3) is 0.316. The molecule has 3 aromatic heterocycles. The summed E-state index contributed by atoms with van der Waals surface area (Å²) in [6, 6.07) is 11.1. The molecule has 4 rings (SSSR count). The first-order valence-corrected chi connectivity index (χ1v) is 12.6. The van der Waals surface area contributed by atoms with Crippen molar-refractivity contribution in [2.24, 2.45) is 0 Å². The van der Waals surface area contributed by atoms with Gasteiger partial charge in [-0.2, -0.15) is 5.10 Å². The number of imidazole rings is 1. The third kappa shape index (κ3) is 3.27. The Balaban J connectivity index is 1.72. The van der Waals surface area contributed by atoms with Crippen LogP contribution >= 0.6 is 0 Å².